The van der Waals surface area contributed by atoms with Crippen LogP contribution in [0.3, 0.4) is 0 Å². The van der Waals surface area contributed by atoms with Crippen LogP contribution in [0.5, 0.6) is 0 Å². The molecule has 1 aliphatic heterocycles. The highest BCUT2D eigenvalue weighted by Gasteiger charge is 2.32. The molecule has 5 nitrogen and oxygen atoms in total. The number of sulfonamides is 1. The number of carbonyl (C=O) groups is 1. The van der Waals surface area contributed by atoms with Gasteiger partial charge in [0.05, 0.1) is 4.90 Å². The highest BCUT2D eigenvalue weighted by molar-refractivity contribution is 7.98. The van der Waals surface area contributed by atoms with E-state index >= 15 is 0 Å². The van der Waals surface area contributed by atoms with E-state index in [1.54, 1.807) is 23.9 Å². The van der Waals surface area contributed by atoms with Crippen molar-refractivity contribution in [3.8, 4) is 0 Å². The van der Waals surface area contributed by atoms with Gasteiger partial charge in [-0.1, -0.05) is 42.5 Å². The molecule has 1 heterocycles. The molecule has 3 aromatic rings. The minimum Gasteiger partial charge on any atom is -0.352 e. The summed E-state index contributed by atoms with van der Waals surface area (Å²) < 4.78 is 27.7. The van der Waals surface area contributed by atoms with Crippen molar-refractivity contribution in [3.05, 3.63) is 72.3 Å². The molecule has 0 spiro atoms. The summed E-state index contributed by atoms with van der Waals surface area (Å²) >= 11 is 1.68. The lowest BCUT2D eigenvalue weighted by Crippen LogP contribution is -2.42. The summed E-state index contributed by atoms with van der Waals surface area (Å²) in [6.07, 6.45) is 3.09. The number of amides is 1. The van der Waals surface area contributed by atoms with Gasteiger partial charge in [-0.15, -0.1) is 11.8 Å². The minimum absolute atomic E-state index is 0.00306. The first-order chi connectivity index (χ1) is 15.0. The van der Waals surface area contributed by atoms with E-state index in [1.807, 2.05) is 60.9 Å². The quantitative estimate of drug-likeness (QED) is 0.565. The molecule has 7 heteroatoms. The number of carbonyl (C=O) groups excluding carboxylic acids is 1. The van der Waals surface area contributed by atoms with Crippen LogP contribution in [-0.4, -0.2) is 38.0 Å². The van der Waals surface area contributed by atoms with Crippen molar-refractivity contribution in [1.82, 2.24) is 9.62 Å². The van der Waals surface area contributed by atoms with Crippen LogP contribution in [-0.2, 0) is 21.4 Å². The summed E-state index contributed by atoms with van der Waals surface area (Å²) in [6.45, 7) is 1.20. The summed E-state index contributed by atoms with van der Waals surface area (Å²) in [5, 5.41) is 4.92. The third-order valence-corrected chi connectivity index (χ3v) is 8.45. The highest BCUT2D eigenvalue weighted by Crippen LogP contribution is 2.26. The molecular weight excluding hydrogens is 428 g/mol. The van der Waals surface area contributed by atoms with Crippen LogP contribution in [0.4, 0.5) is 0 Å². The second-order valence-corrected chi connectivity index (χ2v) is 10.6. The molecule has 0 saturated carbocycles. The Morgan fingerprint density at radius 1 is 1.00 bits per heavy atom. The van der Waals surface area contributed by atoms with Gasteiger partial charge in [-0.05, 0) is 59.7 Å². The van der Waals surface area contributed by atoms with Crippen LogP contribution in [0.15, 0.2) is 76.5 Å². The molecule has 31 heavy (non-hydrogen) atoms. The van der Waals surface area contributed by atoms with Crippen LogP contribution in [0.1, 0.15) is 18.4 Å². The predicted octanol–water partition coefficient (Wildman–Crippen LogP) is 4.28. The summed E-state index contributed by atoms with van der Waals surface area (Å²) in [6, 6.07) is 21.1. The second-order valence-electron chi connectivity index (χ2n) is 7.75. The van der Waals surface area contributed by atoms with Gasteiger partial charge in [-0.3, -0.25) is 4.79 Å². The lowest BCUT2D eigenvalue weighted by atomic mass is 9.97. The maximum Gasteiger partial charge on any atom is 0.243 e. The van der Waals surface area contributed by atoms with Crippen molar-refractivity contribution >= 4 is 38.5 Å². The molecule has 0 bridgehead atoms. The number of rotatable bonds is 6. The molecule has 3 aromatic carbocycles. The molecule has 1 N–H and O–H groups in total. The van der Waals surface area contributed by atoms with Crippen molar-refractivity contribution < 1.29 is 13.2 Å². The molecule has 1 amide bonds. The van der Waals surface area contributed by atoms with Gasteiger partial charge in [0.25, 0.3) is 0 Å². The van der Waals surface area contributed by atoms with Crippen molar-refractivity contribution in [2.75, 3.05) is 19.3 Å². The van der Waals surface area contributed by atoms with Gasteiger partial charge in [0.15, 0.2) is 0 Å². The molecule has 0 aromatic heterocycles. The summed E-state index contributed by atoms with van der Waals surface area (Å²) in [5.74, 6) is -0.162. The fourth-order valence-electron chi connectivity index (χ4n) is 3.91. The van der Waals surface area contributed by atoms with Gasteiger partial charge in [-0.2, -0.15) is 4.31 Å². The molecule has 1 saturated heterocycles. The first kappa shape index (κ1) is 21.9. The highest BCUT2D eigenvalue weighted by atomic mass is 32.2. The van der Waals surface area contributed by atoms with Crippen molar-refractivity contribution in [2.45, 2.75) is 29.2 Å². The lowest BCUT2D eigenvalue weighted by Gasteiger charge is -2.30. The molecule has 1 fully saturated rings. The van der Waals surface area contributed by atoms with Gasteiger partial charge in [0, 0.05) is 30.4 Å². The predicted molar refractivity (Wildman–Crippen MR) is 126 cm³/mol. The monoisotopic (exact) mass is 454 g/mol. The zero-order valence-corrected chi connectivity index (χ0v) is 19.1. The van der Waals surface area contributed by atoms with Gasteiger partial charge in [0.2, 0.25) is 15.9 Å². The Morgan fingerprint density at radius 2 is 1.68 bits per heavy atom. The number of piperidine rings is 1. The fourth-order valence-corrected chi connectivity index (χ4v) is 5.83. The minimum atomic E-state index is -3.56. The van der Waals surface area contributed by atoms with Crippen LogP contribution < -0.4 is 5.32 Å². The third-order valence-electron chi connectivity index (χ3n) is 5.81. The largest absolute Gasteiger partial charge is 0.352 e. The number of fused-ring (bicyclic) bond motifs is 1. The molecule has 0 unspecified atom stereocenters. The number of benzene rings is 3. The van der Waals surface area contributed by atoms with E-state index < -0.39 is 10.0 Å². The standard InChI is InChI=1S/C24H26N2O3S2/c1-30-22-9-6-18(7-10-22)17-25-24(27)20-12-14-26(15-13-20)31(28,29)23-11-8-19-4-2-3-5-21(19)16-23/h2-11,16,20H,12-15,17H2,1H3,(H,25,27). The first-order valence-electron chi connectivity index (χ1n) is 10.4. The zero-order chi connectivity index (χ0) is 21.8. The summed E-state index contributed by atoms with van der Waals surface area (Å²) in [4.78, 5) is 14.1. The average Bonchev–Trinajstić information content (AvgIpc) is 2.82. The summed E-state index contributed by atoms with van der Waals surface area (Å²) in [7, 11) is -3.56. The van der Waals surface area contributed by atoms with Crippen molar-refractivity contribution in [1.29, 1.82) is 0 Å². The van der Waals surface area contributed by atoms with Crippen LogP contribution >= 0.6 is 11.8 Å². The number of nitrogens with zero attached hydrogens (tertiary/aromatic N) is 1. The number of nitrogens with one attached hydrogen (secondary N) is 1. The fraction of sp³-hybridized carbons (Fsp3) is 0.292. The van der Waals surface area contributed by atoms with E-state index in [-0.39, 0.29) is 11.8 Å². The Morgan fingerprint density at radius 3 is 2.35 bits per heavy atom. The van der Waals surface area contributed by atoms with Crippen LogP contribution in [0, 0.1) is 5.92 Å². The maximum atomic E-state index is 13.1. The van der Waals surface area contributed by atoms with E-state index in [1.165, 1.54) is 9.20 Å². The SMILES string of the molecule is CSc1ccc(CNC(=O)C2CCN(S(=O)(=O)c3ccc4ccccc4c3)CC2)cc1. The topological polar surface area (TPSA) is 66.5 Å². The van der Waals surface area contributed by atoms with Crippen LogP contribution in [0.25, 0.3) is 10.8 Å². The number of hydrogen-bond acceptors (Lipinski definition) is 4. The molecular formula is C24H26N2O3S2. The van der Waals surface area contributed by atoms with Gasteiger partial charge >= 0.3 is 0 Å². The van der Waals surface area contributed by atoms with E-state index in [9.17, 15) is 13.2 Å². The Kier molecular flexibility index (Phi) is 6.65. The third kappa shape index (κ3) is 4.95. The van der Waals surface area contributed by atoms with Gasteiger partial charge in [-0.25, -0.2) is 8.42 Å². The molecule has 1 aliphatic rings. The van der Waals surface area contributed by atoms with E-state index in [4.69, 9.17) is 0 Å². The number of hydrogen-bond donors (Lipinski definition) is 1. The molecule has 162 valence electrons. The van der Waals surface area contributed by atoms with E-state index in [0.29, 0.717) is 37.4 Å². The first-order valence-corrected chi connectivity index (χ1v) is 13.0. The smallest absolute Gasteiger partial charge is 0.243 e. The summed E-state index contributed by atoms with van der Waals surface area (Å²) in [5.41, 5.74) is 1.06. The molecule has 0 radical (unpaired) electrons. The molecule has 0 atom stereocenters. The van der Waals surface area contributed by atoms with E-state index in [2.05, 4.69) is 5.32 Å². The van der Waals surface area contributed by atoms with Crippen molar-refractivity contribution in [2.24, 2.45) is 5.92 Å². The zero-order valence-electron chi connectivity index (χ0n) is 17.5. The lowest BCUT2D eigenvalue weighted by molar-refractivity contribution is -0.126. The normalized spacial score (nSPS) is 15.8. The Bertz CT molecular complexity index is 1170. The Balaban J connectivity index is 1.35. The number of thioether (sulfide) groups is 1. The molecule has 4 rings (SSSR count). The molecule has 0 aliphatic carbocycles. The van der Waals surface area contributed by atoms with Gasteiger partial charge < -0.3 is 5.32 Å². The Labute approximate surface area is 187 Å². The Hall–Kier alpha value is -2.35. The second kappa shape index (κ2) is 9.42. The van der Waals surface area contributed by atoms with Crippen LogP contribution in [0.2, 0.25) is 0 Å². The average molecular weight is 455 g/mol. The maximum absolute atomic E-state index is 13.1. The van der Waals surface area contributed by atoms with E-state index in [0.717, 1.165) is 16.3 Å². The van der Waals surface area contributed by atoms with Gasteiger partial charge in [0.1, 0.15) is 0 Å². The van der Waals surface area contributed by atoms with Crippen molar-refractivity contribution in [3.63, 3.8) is 0 Å².